The van der Waals surface area contributed by atoms with Crippen LogP contribution in [0.2, 0.25) is 0 Å². The summed E-state index contributed by atoms with van der Waals surface area (Å²) >= 11 is 0. The second-order valence-electron chi connectivity index (χ2n) is 4.88. The van der Waals surface area contributed by atoms with Gasteiger partial charge in [-0.05, 0) is 43.7 Å². The Morgan fingerprint density at radius 3 is 2.78 bits per heavy atom. The van der Waals surface area contributed by atoms with Crippen LogP contribution in [0.3, 0.4) is 0 Å². The molecule has 1 aliphatic rings. The van der Waals surface area contributed by atoms with Crippen molar-refractivity contribution < 1.29 is 4.79 Å². The Hall–Kier alpha value is -1.38. The van der Waals surface area contributed by atoms with E-state index in [1.54, 1.807) is 0 Å². The highest BCUT2D eigenvalue weighted by atomic mass is 16.2. The van der Waals surface area contributed by atoms with Gasteiger partial charge in [-0.3, -0.25) is 9.69 Å². The maximum Gasteiger partial charge on any atom is 0.227 e. The summed E-state index contributed by atoms with van der Waals surface area (Å²) in [6, 6.07) is 4.16. The highest BCUT2D eigenvalue weighted by Gasteiger charge is 2.17. The molecule has 0 bridgehead atoms. The van der Waals surface area contributed by atoms with E-state index in [-0.39, 0.29) is 5.91 Å². The predicted octanol–water partition coefficient (Wildman–Crippen LogP) is 3.11. The van der Waals surface area contributed by atoms with Gasteiger partial charge >= 0.3 is 0 Å². The molecule has 0 fully saturated rings. The first-order valence-corrected chi connectivity index (χ1v) is 7.05. The van der Waals surface area contributed by atoms with Gasteiger partial charge in [0, 0.05) is 18.7 Å². The number of pyridine rings is 1. The molecule has 3 heteroatoms. The number of nitrogens with zero attached hydrogens (tertiary/aromatic N) is 2. The predicted molar refractivity (Wildman–Crippen MR) is 73.8 cm³/mol. The number of carbonyl (C=O) groups is 1. The number of aryl methyl sites for hydroxylation is 2. The number of amides is 1. The Labute approximate surface area is 109 Å². The highest BCUT2D eigenvalue weighted by molar-refractivity contribution is 5.92. The van der Waals surface area contributed by atoms with Gasteiger partial charge in [0.05, 0.1) is 0 Å². The molecule has 1 heterocycles. The normalized spacial score (nSPS) is 14.1. The maximum absolute atomic E-state index is 12.0. The second kappa shape index (κ2) is 5.98. The van der Waals surface area contributed by atoms with E-state index in [0.29, 0.717) is 6.42 Å². The first-order chi connectivity index (χ1) is 8.76. The van der Waals surface area contributed by atoms with Crippen LogP contribution in [0.25, 0.3) is 0 Å². The summed E-state index contributed by atoms with van der Waals surface area (Å²) < 4.78 is 0. The van der Waals surface area contributed by atoms with Gasteiger partial charge in [-0.25, -0.2) is 4.98 Å². The molecule has 3 nitrogen and oxygen atoms in total. The van der Waals surface area contributed by atoms with Crippen LogP contribution in [0.5, 0.6) is 0 Å². The minimum atomic E-state index is 0.167. The summed E-state index contributed by atoms with van der Waals surface area (Å²) in [6.45, 7) is 4.76. The number of rotatable bonds is 4. The van der Waals surface area contributed by atoms with Crippen molar-refractivity contribution in [2.45, 2.75) is 52.4 Å². The molecule has 0 N–H and O–H groups in total. The fourth-order valence-electron chi connectivity index (χ4n) is 2.50. The lowest BCUT2D eigenvalue weighted by atomic mass is 9.96. The third-order valence-corrected chi connectivity index (χ3v) is 3.49. The van der Waals surface area contributed by atoms with Gasteiger partial charge in [0.2, 0.25) is 5.91 Å². The summed E-state index contributed by atoms with van der Waals surface area (Å²) in [7, 11) is 0. The minimum absolute atomic E-state index is 0.167. The zero-order valence-electron chi connectivity index (χ0n) is 11.4. The summed E-state index contributed by atoms with van der Waals surface area (Å²) in [6.07, 6.45) is 6.18. The Morgan fingerprint density at radius 2 is 2.06 bits per heavy atom. The van der Waals surface area contributed by atoms with Crippen molar-refractivity contribution in [1.29, 1.82) is 0 Å². The van der Waals surface area contributed by atoms with E-state index in [1.807, 2.05) is 17.9 Å². The number of fused-ring (bicyclic) bond motifs is 1. The Bertz CT molecular complexity index is 429. The lowest BCUT2D eigenvalue weighted by molar-refractivity contribution is -0.118. The lowest BCUT2D eigenvalue weighted by Crippen LogP contribution is -2.32. The fraction of sp³-hybridized carbons (Fsp3) is 0.600. The van der Waals surface area contributed by atoms with Crippen LogP contribution in [0, 0.1) is 0 Å². The van der Waals surface area contributed by atoms with Gasteiger partial charge in [0.15, 0.2) is 0 Å². The monoisotopic (exact) mass is 246 g/mol. The molecular formula is C15H22N2O. The number of anilines is 1. The van der Waals surface area contributed by atoms with Crippen LogP contribution in [0.4, 0.5) is 5.82 Å². The molecule has 1 aromatic heterocycles. The molecule has 2 rings (SSSR count). The van der Waals surface area contributed by atoms with E-state index >= 15 is 0 Å². The van der Waals surface area contributed by atoms with Crippen molar-refractivity contribution in [1.82, 2.24) is 4.98 Å². The van der Waals surface area contributed by atoms with Crippen LogP contribution in [0.15, 0.2) is 12.1 Å². The van der Waals surface area contributed by atoms with Gasteiger partial charge < -0.3 is 0 Å². The highest BCUT2D eigenvalue weighted by Crippen LogP contribution is 2.23. The molecule has 0 saturated heterocycles. The largest absolute Gasteiger partial charge is 0.297 e. The summed E-state index contributed by atoms with van der Waals surface area (Å²) in [4.78, 5) is 18.5. The van der Waals surface area contributed by atoms with Gasteiger partial charge in [-0.15, -0.1) is 0 Å². The molecule has 0 atom stereocenters. The van der Waals surface area contributed by atoms with E-state index in [9.17, 15) is 4.79 Å². The van der Waals surface area contributed by atoms with Crippen LogP contribution < -0.4 is 4.90 Å². The molecule has 1 amide bonds. The topological polar surface area (TPSA) is 33.2 Å². The molecule has 0 aromatic carbocycles. The standard InChI is InChI=1S/C15H22N2O/c1-3-11-17(15(18)4-2)14-10-9-12-7-5-6-8-13(12)16-14/h9-10H,3-8,11H2,1-2H3. The van der Waals surface area contributed by atoms with E-state index in [0.717, 1.165) is 31.6 Å². The Morgan fingerprint density at radius 1 is 1.28 bits per heavy atom. The van der Waals surface area contributed by atoms with Crippen LogP contribution >= 0.6 is 0 Å². The first-order valence-electron chi connectivity index (χ1n) is 7.05. The van der Waals surface area contributed by atoms with Crippen LogP contribution in [0.1, 0.15) is 50.8 Å². The molecule has 0 saturated carbocycles. The van der Waals surface area contributed by atoms with Gasteiger partial charge in [-0.2, -0.15) is 0 Å². The molecule has 0 spiro atoms. The van der Waals surface area contributed by atoms with Crippen LogP contribution in [-0.4, -0.2) is 17.4 Å². The minimum Gasteiger partial charge on any atom is -0.297 e. The lowest BCUT2D eigenvalue weighted by Gasteiger charge is -2.23. The summed E-state index contributed by atoms with van der Waals surface area (Å²) in [5.74, 6) is 1.00. The van der Waals surface area contributed by atoms with E-state index < -0.39 is 0 Å². The molecule has 98 valence electrons. The van der Waals surface area contributed by atoms with Crippen molar-refractivity contribution in [3.8, 4) is 0 Å². The third-order valence-electron chi connectivity index (χ3n) is 3.49. The molecular weight excluding hydrogens is 224 g/mol. The van der Waals surface area contributed by atoms with Crippen molar-refractivity contribution in [2.24, 2.45) is 0 Å². The molecule has 1 aromatic rings. The molecule has 0 unspecified atom stereocenters. The van der Waals surface area contributed by atoms with E-state index in [4.69, 9.17) is 4.98 Å². The third kappa shape index (κ3) is 2.71. The molecule has 0 radical (unpaired) electrons. The number of hydrogen-bond donors (Lipinski definition) is 0. The first kappa shape index (κ1) is 13.1. The number of hydrogen-bond acceptors (Lipinski definition) is 2. The van der Waals surface area contributed by atoms with Crippen molar-refractivity contribution in [3.63, 3.8) is 0 Å². The average molecular weight is 246 g/mol. The summed E-state index contributed by atoms with van der Waals surface area (Å²) in [5.41, 5.74) is 2.56. The van der Waals surface area contributed by atoms with Crippen molar-refractivity contribution >= 4 is 11.7 Å². The smallest absolute Gasteiger partial charge is 0.227 e. The Kier molecular flexibility index (Phi) is 4.34. The zero-order valence-corrected chi connectivity index (χ0v) is 11.4. The van der Waals surface area contributed by atoms with E-state index in [2.05, 4.69) is 13.0 Å². The van der Waals surface area contributed by atoms with E-state index in [1.165, 1.54) is 24.1 Å². The molecule has 1 aliphatic carbocycles. The Balaban J connectivity index is 2.27. The second-order valence-corrected chi connectivity index (χ2v) is 4.88. The summed E-state index contributed by atoms with van der Waals surface area (Å²) in [5, 5.41) is 0. The zero-order chi connectivity index (χ0) is 13.0. The quantitative estimate of drug-likeness (QED) is 0.818. The average Bonchev–Trinajstić information content (AvgIpc) is 2.43. The van der Waals surface area contributed by atoms with Gasteiger partial charge in [-0.1, -0.05) is 19.9 Å². The van der Waals surface area contributed by atoms with Crippen molar-refractivity contribution in [2.75, 3.05) is 11.4 Å². The maximum atomic E-state index is 12.0. The van der Waals surface area contributed by atoms with Gasteiger partial charge in [0.25, 0.3) is 0 Å². The number of aromatic nitrogens is 1. The molecule has 0 aliphatic heterocycles. The SMILES string of the molecule is CCCN(C(=O)CC)c1ccc2c(n1)CCCC2. The fourth-order valence-corrected chi connectivity index (χ4v) is 2.50. The van der Waals surface area contributed by atoms with Gasteiger partial charge in [0.1, 0.15) is 5.82 Å². The number of carbonyl (C=O) groups excluding carboxylic acids is 1. The molecule has 18 heavy (non-hydrogen) atoms. The van der Waals surface area contributed by atoms with Crippen molar-refractivity contribution in [3.05, 3.63) is 23.4 Å². The van der Waals surface area contributed by atoms with Crippen LogP contribution in [-0.2, 0) is 17.6 Å².